The Morgan fingerprint density at radius 2 is 2.14 bits per heavy atom. The fourth-order valence-corrected chi connectivity index (χ4v) is 3.48. The molecule has 2 aromatic heterocycles. The highest BCUT2D eigenvalue weighted by molar-refractivity contribution is 6.05. The zero-order chi connectivity index (χ0) is 19.7. The van der Waals surface area contributed by atoms with Crippen LogP contribution < -0.4 is 10.1 Å². The second-order valence-corrected chi connectivity index (χ2v) is 6.94. The normalized spacial score (nSPS) is 19.5. The average Bonchev–Trinajstić information content (AvgIpc) is 2.99. The molecule has 2 heterocycles. The van der Waals surface area contributed by atoms with E-state index in [4.69, 9.17) is 4.74 Å². The predicted molar refractivity (Wildman–Crippen MR) is 102 cm³/mol. The fourth-order valence-electron chi connectivity index (χ4n) is 3.48. The largest absolute Gasteiger partial charge is 0.505 e. The lowest BCUT2D eigenvalue weighted by atomic mass is 9.96. The van der Waals surface area contributed by atoms with Gasteiger partial charge in [-0.05, 0) is 49.6 Å². The van der Waals surface area contributed by atoms with Crippen molar-refractivity contribution in [3.05, 3.63) is 42.2 Å². The predicted octanol–water partition coefficient (Wildman–Crippen LogP) is 3.59. The first-order valence-corrected chi connectivity index (χ1v) is 9.26. The van der Waals surface area contributed by atoms with Crippen molar-refractivity contribution in [3.63, 3.8) is 0 Å². The number of amides is 1. The minimum atomic E-state index is -0.976. The van der Waals surface area contributed by atoms with Crippen molar-refractivity contribution in [1.82, 2.24) is 14.8 Å². The number of rotatable bonds is 4. The van der Waals surface area contributed by atoms with Crippen molar-refractivity contribution in [2.24, 2.45) is 7.05 Å². The van der Waals surface area contributed by atoms with E-state index < -0.39 is 18.2 Å². The summed E-state index contributed by atoms with van der Waals surface area (Å²) in [5.41, 5.74) is 1.21. The molecule has 0 saturated heterocycles. The molecule has 2 N–H and O–H groups in total. The maximum absolute atomic E-state index is 14.1. The number of nitrogens with zero attached hydrogens (tertiary/aromatic N) is 3. The zero-order valence-corrected chi connectivity index (χ0v) is 15.4. The summed E-state index contributed by atoms with van der Waals surface area (Å²) < 4.78 is 21.6. The fraction of sp³-hybridized carbons (Fsp3) is 0.350. The molecule has 2 unspecified atom stereocenters. The van der Waals surface area contributed by atoms with E-state index in [0.29, 0.717) is 24.4 Å². The van der Waals surface area contributed by atoms with Crippen LogP contribution in [0.5, 0.6) is 11.6 Å². The molecule has 1 aliphatic carbocycles. The van der Waals surface area contributed by atoms with Gasteiger partial charge < -0.3 is 15.2 Å². The molecular formula is C20H21FN4O3. The molecule has 4 rings (SSSR count). The van der Waals surface area contributed by atoms with Crippen LogP contribution in [0.25, 0.3) is 10.9 Å². The Kier molecular flexibility index (Phi) is 4.85. The quantitative estimate of drug-likeness (QED) is 0.718. The third-order valence-corrected chi connectivity index (χ3v) is 4.96. The summed E-state index contributed by atoms with van der Waals surface area (Å²) in [7, 11) is 1.76. The number of carbonyl (C=O) groups excluding carboxylic acids is 1. The van der Waals surface area contributed by atoms with Gasteiger partial charge in [0.2, 0.25) is 5.88 Å². The molecule has 1 fully saturated rings. The highest BCUT2D eigenvalue weighted by Gasteiger charge is 2.28. The molecule has 8 heteroatoms. The Morgan fingerprint density at radius 1 is 1.32 bits per heavy atom. The monoisotopic (exact) mass is 384 g/mol. The third-order valence-electron chi connectivity index (χ3n) is 4.96. The Balaban J connectivity index is 1.57. The summed E-state index contributed by atoms with van der Waals surface area (Å²) in [6.45, 7) is 0. The van der Waals surface area contributed by atoms with Crippen molar-refractivity contribution in [2.45, 2.75) is 38.0 Å². The smallest absolute Gasteiger partial charge is 0.278 e. The molecule has 1 aliphatic rings. The number of nitrogens with one attached hydrogen (secondary N) is 1. The second kappa shape index (κ2) is 7.46. The molecule has 2 atom stereocenters. The van der Waals surface area contributed by atoms with E-state index in [1.165, 1.54) is 12.3 Å². The molecule has 3 aromatic rings. The van der Waals surface area contributed by atoms with Crippen LogP contribution in [0.15, 0.2) is 36.5 Å². The van der Waals surface area contributed by atoms with Crippen LogP contribution in [0.3, 0.4) is 0 Å². The summed E-state index contributed by atoms with van der Waals surface area (Å²) >= 11 is 0. The molecule has 1 aromatic carbocycles. The second-order valence-electron chi connectivity index (χ2n) is 6.94. The lowest BCUT2D eigenvalue weighted by Gasteiger charge is -2.25. The van der Waals surface area contributed by atoms with Gasteiger partial charge in [-0.3, -0.25) is 9.48 Å². The number of aryl methyl sites for hydroxylation is 1. The van der Waals surface area contributed by atoms with Gasteiger partial charge in [0.1, 0.15) is 18.0 Å². The Labute approximate surface area is 161 Å². The van der Waals surface area contributed by atoms with Gasteiger partial charge >= 0.3 is 0 Å². The summed E-state index contributed by atoms with van der Waals surface area (Å²) in [6.07, 6.45) is 3.03. The maximum Gasteiger partial charge on any atom is 0.278 e. The first-order valence-electron chi connectivity index (χ1n) is 9.26. The lowest BCUT2D eigenvalue weighted by Crippen LogP contribution is -2.31. The first-order chi connectivity index (χ1) is 13.5. The number of aromatic nitrogens is 3. The van der Waals surface area contributed by atoms with Crippen molar-refractivity contribution in [3.8, 4) is 11.6 Å². The number of alkyl halides is 1. The first kappa shape index (κ1) is 18.2. The van der Waals surface area contributed by atoms with Crippen molar-refractivity contribution in [2.75, 3.05) is 5.32 Å². The molecule has 0 aliphatic heterocycles. The molecule has 28 heavy (non-hydrogen) atoms. The van der Waals surface area contributed by atoms with Gasteiger partial charge in [-0.2, -0.15) is 0 Å². The highest BCUT2D eigenvalue weighted by Crippen LogP contribution is 2.31. The van der Waals surface area contributed by atoms with Crippen molar-refractivity contribution < 1.29 is 19.0 Å². The zero-order valence-electron chi connectivity index (χ0n) is 15.4. The summed E-state index contributed by atoms with van der Waals surface area (Å²) in [5.74, 6) is -0.309. The van der Waals surface area contributed by atoms with Gasteiger partial charge in [0.05, 0.1) is 10.9 Å². The van der Waals surface area contributed by atoms with Crippen LogP contribution in [0.2, 0.25) is 0 Å². The van der Waals surface area contributed by atoms with E-state index in [0.717, 1.165) is 23.7 Å². The van der Waals surface area contributed by atoms with Gasteiger partial charge in [-0.25, -0.2) is 9.37 Å². The number of anilines is 1. The van der Waals surface area contributed by atoms with E-state index in [1.807, 2.05) is 0 Å². The standard InChI is InChI=1S/C20H21FN4O3/c1-25-15-11-12(23-19(27)18-16(26)6-4-10-22-18)8-9-13(15)20(24-25)28-17-7-3-2-5-14(17)21/h4,6,8-11,14,17,26H,2-3,5,7H2,1H3,(H,23,27). The van der Waals surface area contributed by atoms with E-state index in [1.54, 1.807) is 36.0 Å². The van der Waals surface area contributed by atoms with Gasteiger partial charge in [0.25, 0.3) is 5.91 Å². The maximum atomic E-state index is 14.1. The summed E-state index contributed by atoms with van der Waals surface area (Å²) in [5, 5.41) is 17.6. The topological polar surface area (TPSA) is 89.3 Å². The van der Waals surface area contributed by atoms with E-state index in [-0.39, 0.29) is 11.4 Å². The number of ether oxygens (including phenoxy) is 1. The lowest BCUT2D eigenvalue weighted by molar-refractivity contribution is 0.0608. The van der Waals surface area contributed by atoms with Crippen LogP contribution in [-0.2, 0) is 7.05 Å². The Bertz CT molecular complexity index is 1020. The van der Waals surface area contributed by atoms with Gasteiger partial charge in [0, 0.05) is 18.9 Å². The average molecular weight is 384 g/mol. The third kappa shape index (κ3) is 3.49. The Hall–Kier alpha value is -3.16. The molecule has 0 spiro atoms. The van der Waals surface area contributed by atoms with Crippen molar-refractivity contribution >= 4 is 22.5 Å². The highest BCUT2D eigenvalue weighted by atomic mass is 19.1. The number of benzene rings is 1. The van der Waals surface area contributed by atoms with Gasteiger partial charge in [-0.15, -0.1) is 5.10 Å². The van der Waals surface area contributed by atoms with E-state index >= 15 is 0 Å². The SMILES string of the molecule is Cn1nc(OC2CCCCC2F)c2ccc(NC(=O)c3ncccc3O)cc21. The number of fused-ring (bicyclic) bond motifs is 1. The molecule has 0 radical (unpaired) electrons. The van der Waals surface area contributed by atoms with E-state index in [2.05, 4.69) is 15.4 Å². The molecule has 1 saturated carbocycles. The van der Waals surface area contributed by atoms with Crippen LogP contribution >= 0.6 is 0 Å². The summed E-state index contributed by atoms with van der Waals surface area (Å²) in [6, 6.07) is 8.19. The molecule has 146 valence electrons. The van der Waals surface area contributed by atoms with Crippen molar-refractivity contribution in [1.29, 1.82) is 0 Å². The molecule has 0 bridgehead atoms. The number of hydrogen-bond acceptors (Lipinski definition) is 5. The van der Waals surface area contributed by atoms with Crippen LogP contribution in [0, 0.1) is 0 Å². The van der Waals surface area contributed by atoms with Crippen LogP contribution in [-0.4, -0.2) is 38.1 Å². The molecular weight excluding hydrogens is 363 g/mol. The molecule has 7 nitrogen and oxygen atoms in total. The number of aromatic hydroxyl groups is 1. The summed E-state index contributed by atoms with van der Waals surface area (Å²) in [4.78, 5) is 16.2. The Morgan fingerprint density at radius 3 is 2.93 bits per heavy atom. The van der Waals surface area contributed by atoms with Crippen LogP contribution in [0.4, 0.5) is 10.1 Å². The van der Waals surface area contributed by atoms with E-state index in [9.17, 15) is 14.3 Å². The van der Waals surface area contributed by atoms with Gasteiger partial charge in [-0.1, -0.05) is 6.42 Å². The number of halogens is 1. The van der Waals surface area contributed by atoms with Gasteiger partial charge in [0.15, 0.2) is 5.69 Å². The molecule has 1 amide bonds. The number of pyridine rings is 1. The minimum absolute atomic E-state index is 0.0529. The number of carbonyl (C=O) groups is 1. The number of hydrogen-bond donors (Lipinski definition) is 2. The minimum Gasteiger partial charge on any atom is -0.505 e. The van der Waals surface area contributed by atoms with Crippen LogP contribution in [0.1, 0.15) is 36.2 Å².